The van der Waals surface area contributed by atoms with E-state index in [-0.39, 0.29) is 18.0 Å². The predicted octanol–water partition coefficient (Wildman–Crippen LogP) is 2.69. The lowest BCUT2D eigenvalue weighted by Crippen LogP contribution is -2.37. The van der Waals surface area contributed by atoms with Gasteiger partial charge in [0, 0.05) is 10.9 Å². The number of halogens is 4. The summed E-state index contributed by atoms with van der Waals surface area (Å²) in [7, 11) is 0. The van der Waals surface area contributed by atoms with Crippen molar-refractivity contribution in [2.75, 3.05) is 5.32 Å². The average Bonchev–Trinajstić information content (AvgIpc) is 2.77. The molecule has 20 heavy (non-hydrogen) atoms. The molecule has 1 aromatic rings. The van der Waals surface area contributed by atoms with Gasteiger partial charge < -0.3 is 10.6 Å². The zero-order valence-corrected chi connectivity index (χ0v) is 11.6. The molecule has 1 aliphatic rings. The van der Waals surface area contributed by atoms with Gasteiger partial charge in [-0.1, -0.05) is 0 Å². The van der Waals surface area contributed by atoms with Crippen molar-refractivity contribution in [3.05, 3.63) is 28.2 Å². The zero-order chi connectivity index (χ0) is 14.9. The van der Waals surface area contributed by atoms with Gasteiger partial charge in [-0.3, -0.25) is 9.59 Å². The van der Waals surface area contributed by atoms with Crippen LogP contribution in [0.3, 0.4) is 0 Å². The van der Waals surface area contributed by atoms with Crippen LogP contribution in [0, 0.1) is 0 Å². The molecule has 1 heterocycles. The van der Waals surface area contributed by atoms with Crippen molar-refractivity contribution >= 4 is 33.4 Å². The predicted molar refractivity (Wildman–Crippen MR) is 68.9 cm³/mol. The van der Waals surface area contributed by atoms with Crippen molar-refractivity contribution in [1.29, 1.82) is 0 Å². The van der Waals surface area contributed by atoms with E-state index in [4.69, 9.17) is 0 Å². The lowest BCUT2D eigenvalue weighted by Gasteiger charge is -2.14. The third-order valence-corrected chi connectivity index (χ3v) is 3.55. The second kappa shape index (κ2) is 5.43. The summed E-state index contributed by atoms with van der Waals surface area (Å²) in [6.07, 6.45) is -3.91. The van der Waals surface area contributed by atoms with Crippen LogP contribution in [0.2, 0.25) is 0 Å². The molecule has 2 rings (SSSR count). The molecular formula is C12H10BrF3N2O2. The molecule has 0 spiro atoms. The third-order valence-electron chi connectivity index (χ3n) is 2.86. The van der Waals surface area contributed by atoms with Crippen molar-refractivity contribution in [3.63, 3.8) is 0 Å². The third kappa shape index (κ3) is 3.30. The minimum Gasteiger partial charge on any atom is -0.344 e. The molecule has 1 fully saturated rings. The quantitative estimate of drug-likeness (QED) is 0.861. The molecular weight excluding hydrogens is 341 g/mol. The van der Waals surface area contributed by atoms with Crippen LogP contribution < -0.4 is 10.6 Å². The van der Waals surface area contributed by atoms with Crippen molar-refractivity contribution in [3.8, 4) is 0 Å². The van der Waals surface area contributed by atoms with Gasteiger partial charge >= 0.3 is 6.18 Å². The number of alkyl halides is 3. The smallest absolute Gasteiger partial charge is 0.344 e. The van der Waals surface area contributed by atoms with E-state index in [0.717, 1.165) is 12.1 Å². The van der Waals surface area contributed by atoms with E-state index in [2.05, 4.69) is 26.6 Å². The lowest BCUT2D eigenvalue weighted by atomic mass is 10.1. The second-order valence-electron chi connectivity index (χ2n) is 4.34. The maximum absolute atomic E-state index is 12.6. The Hall–Kier alpha value is -1.57. The Balaban J connectivity index is 2.16. The monoisotopic (exact) mass is 350 g/mol. The molecule has 4 nitrogen and oxygen atoms in total. The Kier molecular flexibility index (Phi) is 4.03. The van der Waals surface area contributed by atoms with Gasteiger partial charge in [0.05, 0.1) is 11.3 Å². The molecule has 1 aromatic carbocycles. The van der Waals surface area contributed by atoms with E-state index < -0.39 is 23.7 Å². The molecule has 0 saturated carbocycles. The molecule has 0 aliphatic carbocycles. The molecule has 1 aliphatic heterocycles. The first-order valence-corrected chi connectivity index (χ1v) is 6.53. The number of carbonyl (C=O) groups excluding carboxylic acids is 2. The Morgan fingerprint density at radius 3 is 2.65 bits per heavy atom. The summed E-state index contributed by atoms with van der Waals surface area (Å²) in [5, 5.41) is 4.83. The van der Waals surface area contributed by atoms with Gasteiger partial charge in [0.2, 0.25) is 11.8 Å². The molecule has 1 saturated heterocycles. The van der Waals surface area contributed by atoms with Crippen molar-refractivity contribution in [1.82, 2.24) is 5.32 Å². The lowest BCUT2D eigenvalue weighted by molar-refractivity contribution is -0.137. The van der Waals surface area contributed by atoms with Gasteiger partial charge in [0.25, 0.3) is 0 Å². The van der Waals surface area contributed by atoms with Crippen LogP contribution >= 0.6 is 15.9 Å². The molecule has 108 valence electrons. The van der Waals surface area contributed by atoms with Crippen molar-refractivity contribution < 1.29 is 22.8 Å². The Bertz CT molecular complexity index is 560. The van der Waals surface area contributed by atoms with Gasteiger partial charge in [-0.05, 0) is 40.5 Å². The molecule has 0 radical (unpaired) electrons. The van der Waals surface area contributed by atoms with E-state index in [1.54, 1.807) is 0 Å². The number of nitrogens with one attached hydrogen (secondary N) is 2. The molecule has 2 amide bonds. The molecule has 8 heteroatoms. The molecule has 2 N–H and O–H groups in total. The maximum Gasteiger partial charge on any atom is 0.416 e. The standard InChI is InChI=1S/C12H10BrF3N2O2/c13-7-2-1-6(12(14,15)16)5-9(7)18-11(20)8-3-4-10(19)17-8/h1-2,5,8H,3-4H2,(H,17,19)(H,18,20)/t8-/m1/s1. The summed E-state index contributed by atoms with van der Waals surface area (Å²) in [5.41, 5.74) is -0.836. The van der Waals surface area contributed by atoms with Gasteiger partial charge in [0.1, 0.15) is 6.04 Å². The molecule has 0 aromatic heterocycles. The molecule has 0 unspecified atom stereocenters. The summed E-state index contributed by atoms with van der Waals surface area (Å²) in [5.74, 6) is -0.774. The fourth-order valence-corrected chi connectivity index (χ4v) is 2.17. The van der Waals surface area contributed by atoms with Gasteiger partial charge in [0.15, 0.2) is 0 Å². The number of benzene rings is 1. The Morgan fingerprint density at radius 2 is 2.10 bits per heavy atom. The normalized spacial score (nSPS) is 18.8. The largest absolute Gasteiger partial charge is 0.416 e. The number of hydrogen-bond donors (Lipinski definition) is 2. The SMILES string of the molecule is O=C1CC[C@H](C(=O)Nc2cc(C(F)(F)F)ccc2Br)N1. The highest BCUT2D eigenvalue weighted by molar-refractivity contribution is 9.10. The van der Waals surface area contributed by atoms with Crippen LogP contribution in [-0.2, 0) is 15.8 Å². The average molecular weight is 351 g/mol. The van der Waals surface area contributed by atoms with Crippen LogP contribution in [0.1, 0.15) is 18.4 Å². The highest BCUT2D eigenvalue weighted by Gasteiger charge is 2.32. The minimum absolute atomic E-state index is 0.0194. The topological polar surface area (TPSA) is 58.2 Å². The number of carbonyl (C=O) groups is 2. The first kappa shape index (κ1) is 14.8. The molecule has 0 bridgehead atoms. The van der Waals surface area contributed by atoms with E-state index in [0.29, 0.717) is 10.9 Å². The van der Waals surface area contributed by atoms with Crippen LogP contribution in [0.5, 0.6) is 0 Å². The van der Waals surface area contributed by atoms with Gasteiger partial charge in [-0.15, -0.1) is 0 Å². The van der Waals surface area contributed by atoms with Crippen LogP contribution in [-0.4, -0.2) is 17.9 Å². The van der Waals surface area contributed by atoms with Crippen molar-refractivity contribution in [2.24, 2.45) is 0 Å². The summed E-state index contributed by atoms with van der Waals surface area (Å²) in [6.45, 7) is 0. The van der Waals surface area contributed by atoms with E-state index in [9.17, 15) is 22.8 Å². The fourth-order valence-electron chi connectivity index (χ4n) is 1.83. The number of amides is 2. The second-order valence-corrected chi connectivity index (χ2v) is 5.19. The van der Waals surface area contributed by atoms with Gasteiger partial charge in [-0.2, -0.15) is 13.2 Å². The molecule has 1 atom stereocenters. The number of rotatable bonds is 2. The van der Waals surface area contributed by atoms with Gasteiger partial charge in [-0.25, -0.2) is 0 Å². The number of hydrogen-bond acceptors (Lipinski definition) is 2. The Labute approximate surface area is 120 Å². The fraction of sp³-hybridized carbons (Fsp3) is 0.333. The Morgan fingerprint density at radius 1 is 1.40 bits per heavy atom. The van der Waals surface area contributed by atoms with E-state index >= 15 is 0 Å². The first-order valence-electron chi connectivity index (χ1n) is 5.74. The number of anilines is 1. The maximum atomic E-state index is 12.6. The summed E-state index contributed by atoms with van der Waals surface area (Å²) in [6, 6.07) is 2.27. The summed E-state index contributed by atoms with van der Waals surface area (Å²) < 4.78 is 38.1. The van der Waals surface area contributed by atoms with Crippen LogP contribution in [0.4, 0.5) is 18.9 Å². The first-order chi connectivity index (χ1) is 9.27. The van der Waals surface area contributed by atoms with E-state index in [1.165, 1.54) is 6.07 Å². The zero-order valence-electron chi connectivity index (χ0n) is 10.1. The highest BCUT2D eigenvalue weighted by Crippen LogP contribution is 2.34. The van der Waals surface area contributed by atoms with Crippen molar-refractivity contribution in [2.45, 2.75) is 25.1 Å². The minimum atomic E-state index is -4.48. The van der Waals surface area contributed by atoms with E-state index in [1.807, 2.05) is 0 Å². The highest BCUT2D eigenvalue weighted by atomic mass is 79.9. The summed E-state index contributed by atoms with van der Waals surface area (Å²) >= 11 is 3.08. The summed E-state index contributed by atoms with van der Waals surface area (Å²) in [4.78, 5) is 22.9. The van der Waals surface area contributed by atoms with Crippen LogP contribution in [0.15, 0.2) is 22.7 Å². The van der Waals surface area contributed by atoms with Crippen LogP contribution in [0.25, 0.3) is 0 Å².